The van der Waals surface area contributed by atoms with E-state index in [2.05, 4.69) is 33.0 Å². The normalized spacial score (nSPS) is 13.6. The standard InChI is InChI=1S/C16H24F3N/c1-11(7-8-20-16(2,3)4)5-6-12-9-14(18)15(19)10-13(12)17/h9-11,20H,5-8H2,1-4H3. The molecule has 0 saturated heterocycles. The first-order chi connectivity index (χ1) is 9.19. The summed E-state index contributed by atoms with van der Waals surface area (Å²) in [5.41, 5.74) is 0.339. The number of benzene rings is 1. The molecular weight excluding hydrogens is 263 g/mol. The molecular formula is C16H24F3N. The lowest BCUT2D eigenvalue weighted by molar-refractivity contribution is 0.385. The maximum Gasteiger partial charge on any atom is 0.161 e. The van der Waals surface area contributed by atoms with E-state index >= 15 is 0 Å². The van der Waals surface area contributed by atoms with Gasteiger partial charge in [-0.2, -0.15) is 0 Å². The zero-order valence-corrected chi connectivity index (χ0v) is 12.7. The largest absolute Gasteiger partial charge is 0.312 e. The summed E-state index contributed by atoms with van der Waals surface area (Å²) in [6.45, 7) is 9.30. The van der Waals surface area contributed by atoms with Crippen LogP contribution in [0.25, 0.3) is 0 Å². The molecule has 0 bridgehead atoms. The van der Waals surface area contributed by atoms with Crippen LogP contribution in [0.15, 0.2) is 12.1 Å². The highest BCUT2D eigenvalue weighted by Gasteiger charge is 2.12. The lowest BCUT2D eigenvalue weighted by Crippen LogP contribution is -2.36. The Balaban J connectivity index is 2.41. The van der Waals surface area contributed by atoms with Crippen LogP contribution in [0.5, 0.6) is 0 Å². The highest BCUT2D eigenvalue weighted by molar-refractivity contribution is 5.20. The summed E-state index contributed by atoms with van der Waals surface area (Å²) in [7, 11) is 0. The molecule has 20 heavy (non-hydrogen) atoms. The summed E-state index contributed by atoms with van der Waals surface area (Å²) in [6, 6.07) is 1.58. The fourth-order valence-electron chi connectivity index (χ4n) is 2.00. The van der Waals surface area contributed by atoms with Gasteiger partial charge in [-0.05, 0) is 64.1 Å². The minimum Gasteiger partial charge on any atom is -0.312 e. The van der Waals surface area contributed by atoms with Gasteiger partial charge >= 0.3 is 0 Å². The lowest BCUT2D eigenvalue weighted by atomic mass is 9.97. The van der Waals surface area contributed by atoms with Crippen LogP contribution < -0.4 is 5.32 Å². The Morgan fingerprint density at radius 2 is 1.60 bits per heavy atom. The van der Waals surface area contributed by atoms with Crippen LogP contribution in [0.2, 0.25) is 0 Å². The van der Waals surface area contributed by atoms with Crippen LogP contribution in [-0.4, -0.2) is 12.1 Å². The number of hydrogen-bond donors (Lipinski definition) is 1. The molecule has 1 unspecified atom stereocenters. The quantitative estimate of drug-likeness (QED) is 0.762. The summed E-state index contributed by atoms with van der Waals surface area (Å²) >= 11 is 0. The van der Waals surface area contributed by atoms with E-state index in [-0.39, 0.29) is 11.1 Å². The van der Waals surface area contributed by atoms with Crippen molar-refractivity contribution in [1.82, 2.24) is 5.32 Å². The predicted octanol–water partition coefficient (Wildman–Crippen LogP) is 4.45. The molecule has 0 aliphatic carbocycles. The van der Waals surface area contributed by atoms with Crippen LogP contribution in [-0.2, 0) is 6.42 Å². The summed E-state index contributed by atoms with van der Waals surface area (Å²) in [5.74, 6) is -2.38. The zero-order valence-electron chi connectivity index (χ0n) is 12.7. The van der Waals surface area contributed by atoms with Gasteiger partial charge in [-0.3, -0.25) is 0 Å². The molecule has 0 radical (unpaired) electrons. The van der Waals surface area contributed by atoms with Crippen LogP contribution in [0.3, 0.4) is 0 Å². The molecule has 4 heteroatoms. The third kappa shape index (κ3) is 5.95. The monoisotopic (exact) mass is 287 g/mol. The Labute approximate surface area is 119 Å². The highest BCUT2D eigenvalue weighted by Crippen LogP contribution is 2.18. The maximum atomic E-state index is 13.5. The number of rotatable bonds is 6. The number of halogens is 3. The number of aryl methyl sites for hydroxylation is 1. The van der Waals surface area contributed by atoms with Gasteiger partial charge in [0.2, 0.25) is 0 Å². The molecule has 0 aromatic heterocycles. The van der Waals surface area contributed by atoms with Gasteiger partial charge in [0.15, 0.2) is 11.6 Å². The fourth-order valence-corrected chi connectivity index (χ4v) is 2.00. The topological polar surface area (TPSA) is 12.0 Å². The van der Waals surface area contributed by atoms with Gasteiger partial charge in [0.25, 0.3) is 0 Å². The van der Waals surface area contributed by atoms with Crippen molar-refractivity contribution >= 4 is 0 Å². The first-order valence-corrected chi connectivity index (χ1v) is 7.07. The molecule has 0 aliphatic rings. The van der Waals surface area contributed by atoms with Crippen molar-refractivity contribution in [3.63, 3.8) is 0 Å². The lowest BCUT2D eigenvalue weighted by Gasteiger charge is -2.22. The third-order valence-corrected chi connectivity index (χ3v) is 3.29. The summed E-state index contributed by atoms with van der Waals surface area (Å²) < 4.78 is 39.3. The molecule has 0 spiro atoms. The second kappa shape index (κ2) is 7.11. The first kappa shape index (κ1) is 17.0. The zero-order chi connectivity index (χ0) is 15.3. The van der Waals surface area contributed by atoms with Gasteiger partial charge in [0.1, 0.15) is 5.82 Å². The summed E-state index contributed by atoms with van der Waals surface area (Å²) in [5, 5.41) is 3.40. The number of hydrogen-bond acceptors (Lipinski definition) is 1. The van der Waals surface area contributed by atoms with E-state index in [9.17, 15) is 13.2 Å². The van der Waals surface area contributed by atoms with Crippen molar-refractivity contribution in [2.75, 3.05) is 6.54 Å². The molecule has 0 saturated carbocycles. The van der Waals surface area contributed by atoms with Gasteiger partial charge in [-0.25, -0.2) is 13.2 Å². The van der Waals surface area contributed by atoms with Gasteiger partial charge in [0, 0.05) is 11.6 Å². The third-order valence-electron chi connectivity index (χ3n) is 3.29. The van der Waals surface area contributed by atoms with Crippen molar-refractivity contribution < 1.29 is 13.2 Å². The Bertz CT molecular complexity index is 438. The maximum absolute atomic E-state index is 13.5. The highest BCUT2D eigenvalue weighted by atomic mass is 19.2. The fraction of sp³-hybridized carbons (Fsp3) is 0.625. The van der Waals surface area contributed by atoms with Crippen molar-refractivity contribution in [1.29, 1.82) is 0 Å². The molecule has 1 atom stereocenters. The Morgan fingerprint density at radius 1 is 1.00 bits per heavy atom. The Morgan fingerprint density at radius 3 is 2.20 bits per heavy atom. The predicted molar refractivity (Wildman–Crippen MR) is 76.2 cm³/mol. The smallest absolute Gasteiger partial charge is 0.161 e. The van der Waals surface area contributed by atoms with Gasteiger partial charge in [0.05, 0.1) is 0 Å². The Kier molecular flexibility index (Phi) is 6.06. The molecule has 1 aromatic rings. The van der Waals surface area contributed by atoms with Crippen LogP contribution in [0.4, 0.5) is 13.2 Å². The summed E-state index contributed by atoms with van der Waals surface area (Å²) in [6.07, 6.45) is 2.16. The van der Waals surface area contributed by atoms with E-state index in [0.717, 1.165) is 25.5 Å². The molecule has 0 heterocycles. The van der Waals surface area contributed by atoms with E-state index in [0.29, 0.717) is 18.4 Å². The molecule has 1 rings (SSSR count). The second-order valence-electron chi connectivity index (χ2n) is 6.47. The average Bonchev–Trinajstić information content (AvgIpc) is 2.30. The van der Waals surface area contributed by atoms with E-state index in [4.69, 9.17) is 0 Å². The van der Waals surface area contributed by atoms with Crippen LogP contribution in [0.1, 0.15) is 46.1 Å². The minimum absolute atomic E-state index is 0.0892. The molecule has 1 aromatic carbocycles. The minimum atomic E-state index is -1.13. The molecule has 0 amide bonds. The number of nitrogens with one attached hydrogen (secondary N) is 1. The molecule has 1 nitrogen and oxygen atoms in total. The van der Waals surface area contributed by atoms with Gasteiger partial charge in [-0.1, -0.05) is 6.92 Å². The average molecular weight is 287 g/mol. The van der Waals surface area contributed by atoms with Crippen molar-refractivity contribution in [3.05, 3.63) is 35.1 Å². The van der Waals surface area contributed by atoms with Gasteiger partial charge in [-0.15, -0.1) is 0 Å². The molecule has 0 fully saturated rings. The summed E-state index contributed by atoms with van der Waals surface area (Å²) in [4.78, 5) is 0. The van der Waals surface area contributed by atoms with E-state index in [1.807, 2.05) is 0 Å². The van der Waals surface area contributed by atoms with Crippen molar-refractivity contribution in [2.45, 2.75) is 52.5 Å². The van der Waals surface area contributed by atoms with E-state index in [1.54, 1.807) is 0 Å². The Hall–Kier alpha value is -1.03. The van der Waals surface area contributed by atoms with Crippen molar-refractivity contribution in [2.24, 2.45) is 5.92 Å². The SMILES string of the molecule is CC(CCNC(C)(C)C)CCc1cc(F)c(F)cc1F. The molecule has 0 aliphatic heterocycles. The molecule has 1 N–H and O–H groups in total. The van der Waals surface area contributed by atoms with Crippen LogP contribution in [0, 0.1) is 23.4 Å². The van der Waals surface area contributed by atoms with E-state index in [1.165, 1.54) is 0 Å². The van der Waals surface area contributed by atoms with E-state index < -0.39 is 17.5 Å². The van der Waals surface area contributed by atoms with Crippen LogP contribution >= 0.6 is 0 Å². The molecule has 114 valence electrons. The first-order valence-electron chi connectivity index (χ1n) is 7.07. The van der Waals surface area contributed by atoms with Gasteiger partial charge < -0.3 is 5.32 Å². The van der Waals surface area contributed by atoms with Crippen molar-refractivity contribution in [3.8, 4) is 0 Å². The second-order valence-corrected chi connectivity index (χ2v) is 6.47.